The van der Waals surface area contributed by atoms with Crippen LogP contribution in [0.25, 0.3) is 11.1 Å². The zero-order chi connectivity index (χ0) is 28.0. The van der Waals surface area contributed by atoms with E-state index in [0.717, 1.165) is 12.1 Å². The zero-order valence-electron chi connectivity index (χ0n) is 20.9. The van der Waals surface area contributed by atoms with Crippen molar-refractivity contribution in [2.45, 2.75) is 27.7 Å². The van der Waals surface area contributed by atoms with Gasteiger partial charge in [0.05, 0.1) is 0 Å². The Bertz CT molecular complexity index is 1320. The van der Waals surface area contributed by atoms with Crippen molar-refractivity contribution in [2.75, 3.05) is 0 Å². The van der Waals surface area contributed by atoms with E-state index in [1.807, 2.05) is 0 Å². The predicted molar refractivity (Wildman–Crippen MR) is 134 cm³/mol. The summed E-state index contributed by atoms with van der Waals surface area (Å²) in [5.74, 6) is -5.30. The van der Waals surface area contributed by atoms with E-state index in [9.17, 15) is 19.2 Å². The second-order valence-corrected chi connectivity index (χ2v) is 8.16. The van der Waals surface area contributed by atoms with E-state index in [0.29, 0.717) is 0 Å². The lowest BCUT2D eigenvalue weighted by Gasteiger charge is -2.15. The van der Waals surface area contributed by atoms with E-state index in [-0.39, 0.29) is 50.7 Å². The molecule has 2 aromatic rings. The maximum absolute atomic E-state index is 15.6. The first kappa shape index (κ1) is 28.4. The number of halogens is 1. The summed E-state index contributed by atoms with van der Waals surface area (Å²) in [4.78, 5) is 48.4. The number of ether oxygens (including phenoxy) is 4. The van der Waals surface area contributed by atoms with Gasteiger partial charge in [0.2, 0.25) is 0 Å². The van der Waals surface area contributed by atoms with Crippen LogP contribution in [0.2, 0.25) is 0 Å². The number of hydrogen-bond acceptors (Lipinski definition) is 8. The van der Waals surface area contributed by atoms with Crippen molar-refractivity contribution in [3.05, 3.63) is 84.8 Å². The summed E-state index contributed by atoms with van der Waals surface area (Å²) in [6, 6.07) is 5.93. The van der Waals surface area contributed by atoms with Gasteiger partial charge in [-0.25, -0.2) is 23.6 Å². The molecule has 0 saturated carbocycles. The molecule has 0 saturated heterocycles. The summed E-state index contributed by atoms with van der Waals surface area (Å²) in [5, 5.41) is 0. The van der Waals surface area contributed by atoms with Crippen LogP contribution in [-0.2, 0) is 19.2 Å². The first-order valence-corrected chi connectivity index (χ1v) is 10.7. The fourth-order valence-electron chi connectivity index (χ4n) is 2.53. The highest BCUT2D eigenvalue weighted by molar-refractivity contribution is 5.92. The van der Waals surface area contributed by atoms with Crippen molar-refractivity contribution in [1.29, 1.82) is 0 Å². The largest absolute Gasteiger partial charge is 0.423 e. The van der Waals surface area contributed by atoms with E-state index in [1.165, 1.54) is 45.9 Å². The fourth-order valence-corrected chi connectivity index (χ4v) is 2.53. The van der Waals surface area contributed by atoms with Gasteiger partial charge in [-0.3, -0.25) is 0 Å². The second-order valence-electron chi connectivity index (χ2n) is 8.16. The summed E-state index contributed by atoms with van der Waals surface area (Å²) in [6.07, 6.45) is 0. The molecule has 0 aliphatic heterocycles. The van der Waals surface area contributed by atoms with Gasteiger partial charge in [-0.15, -0.1) is 0 Å². The summed E-state index contributed by atoms with van der Waals surface area (Å²) in [6.45, 7) is 19.6. The minimum absolute atomic E-state index is 0.00650. The van der Waals surface area contributed by atoms with Crippen LogP contribution >= 0.6 is 0 Å². The van der Waals surface area contributed by atoms with Crippen LogP contribution in [0.4, 0.5) is 4.39 Å². The van der Waals surface area contributed by atoms with Crippen molar-refractivity contribution in [3.8, 4) is 34.1 Å². The lowest BCUT2D eigenvalue weighted by Crippen LogP contribution is -2.12. The average molecular weight is 508 g/mol. The third kappa shape index (κ3) is 7.60. The molecule has 9 heteroatoms. The predicted octanol–water partition coefficient (Wildman–Crippen LogP) is 5.42. The molecule has 8 nitrogen and oxygen atoms in total. The minimum Gasteiger partial charge on any atom is -0.423 e. The normalized spacial score (nSPS) is 10.1. The molecule has 0 heterocycles. The quantitative estimate of drug-likeness (QED) is 0.251. The molecule has 0 fully saturated rings. The third-order valence-corrected chi connectivity index (χ3v) is 4.43. The highest BCUT2D eigenvalue weighted by Gasteiger charge is 2.21. The van der Waals surface area contributed by atoms with Crippen molar-refractivity contribution < 1.29 is 42.5 Å². The van der Waals surface area contributed by atoms with E-state index in [1.54, 1.807) is 0 Å². The first-order valence-electron chi connectivity index (χ1n) is 10.7. The summed E-state index contributed by atoms with van der Waals surface area (Å²) < 4.78 is 36.4. The molecule has 0 radical (unpaired) electrons. The molecule has 0 N–H and O–H groups in total. The molecular weight excluding hydrogens is 483 g/mol. The van der Waals surface area contributed by atoms with E-state index in [4.69, 9.17) is 18.9 Å². The molecule has 0 amide bonds. The van der Waals surface area contributed by atoms with Crippen molar-refractivity contribution in [1.82, 2.24) is 0 Å². The van der Waals surface area contributed by atoms with Crippen LogP contribution in [0.3, 0.4) is 0 Å². The molecule has 0 spiro atoms. The van der Waals surface area contributed by atoms with Gasteiger partial charge in [0.15, 0.2) is 11.6 Å². The van der Waals surface area contributed by atoms with Gasteiger partial charge in [0, 0.05) is 40.0 Å². The van der Waals surface area contributed by atoms with Crippen molar-refractivity contribution in [3.63, 3.8) is 0 Å². The first-order chi connectivity index (χ1) is 17.2. The Morgan fingerprint density at radius 1 is 0.568 bits per heavy atom. The summed E-state index contributed by atoms with van der Waals surface area (Å²) in [5.41, 5.74) is 0.00817. The molecule has 0 bridgehead atoms. The fraction of sp³-hybridized carbons (Fsp3) is 0.143. The van der Waals surface area contributed by atoms with E-state index < -0.39 is 35.4 Å². The monoisotopic (exact) mass is 508 g/mol. The number of rotatable bonds is 9. The maximum atomic E-state index is 15.6. The molecule has 2 rings (SSSR count). The summed E-state index contributed by atoms with van der Waals surface area (Å²) in [7, 11) is 0. The Morgan fingerprint density at radius 2 is 0.919 bits per heavy atom. The lowest BCUT2D eigenvalue weighted by atomic mass is 10.0. The van der Waals surface area contributed by atoms with Crippen molar-refractivity contribution in [2.24, 2.45) is 0 Å². The van der Waals surface area contributed by atoms with Gasteiger partial charge in [-0.05, 0) is 51.5 Å². The number of benzene rings is 2. The lowest BCUT2D eigenvalue weighted by molar-refractivity contribution is -0.131. The van der Waals surface area contributed by atoms with E-state index >= 15 is 4.39 Å². The number of carbonyl (C=O) groups is 4. The topological polar surface area (TPSA) is 105 Å². The number of hydrogen-bond donors (Lipinski definition) is 0. The maximum Gasteiger partial charge on any atom is 0.338 e. The van der Waals surface area contributed by atoms with Gasteiger partial charge in [0.1, 0.15) is 17.2 Å². The Kier molecular flexibility index (Phi) is 9.04. The second kappa shape index (κ2) is 11.8. The molecule has 0 aliphatic carbocycles. The van der Waals surface area contributed by atoms with Gasteiger partial charge >= 0.3 is 23.9 Å². The van der Waals surface area contributed by atoms with Crippen LogP contribution < -0.4 is 18.9 Å². The summed E-state index contributed by atoms with van der Waals surface area (Å²) >= 11 is 0. The smallest absolute Gasteiger partial charge is 0.338 e. The van der Waals surface area contributed by atoms with Crippen LogP contribution in [0.1, 0.15) is 27.7 Å². The molecule has 0 unspecified atom stereocenters. The minimum atomic E-state index is -1.02. The standard InChI is InChI=1S/C28H25FO8/c1-14(2)25(30)34-19-9-18(10-20(11-19)35-26(31)15(3)4)22-12-21(36-27(32)16(5)6)13-23(24(22)29)37-28(33)17(7)8/h9-13H,1,3,5,7H2,2,4,6,8H3. The van der Waals surface area contributed by atoms with Crippen LogP contribution in [0, 0.1) is 5.82 Å². The molecule has 0 atom stereocenters. The van der Waals surface area contributed by atoms with Gasteiger partial charge in [-0.2, -0.15) is 0 Å². The number of esters is 4. The molecule has 0 aliphatic rings. The molecule has 0 aromatic heterocycles. The Labute approximate surface area is 213 Å². The van der Waals surface area contributed by atoms with Crippen molar-refractivity contribution >= 4 is 23.9 Å². The van der Waals surface area contributed by atoms with Gasteiger partial charge in [0.25, 0.3) is 0 Å². The highest BCUT2D eigenvalue weighted by atomic mass is 19.1. The zero-order valence-corrected chi connectivity index (χ0v) is 20.9. The number of carbonyl (C=O) groups excluding carboxylic acids is 4. The highest BCUT2D eigenvalue weighted by Crippen LogP contribution is 2.38. The Hall–Kier alpha value is -4.79. The van der Waals surface area contributed by atoms with Gasteiger partial charge < -0.3 is 18.9 Å². The molecular formula is C28H25FO8. The average Bonchev–Trinajstić information content (AvgIpc) is 2.80. The van der Waals surface area contributed by atoms with Crippen LogP contribution in [-0.4, -0.2) is 23.9 Å². The van der Waals surface area contributed by atoms with Crippen LogP contribution in [0.15, 0.2) is 78.9 Å². The third-order valence-electron chi connectivity index (χ3n) is 4.43. The Balaban J connectivity index is 2.75. The molecule has 192 valence electrons. The van der Waals surface area contributed by atoms with E-state index in [2.05, 4.69) is 26.3 Å². The SMILES string of the molecule is C=C(C)C(=O)Oc1cc(OC(=O)C(=C)C)cc(-c2cc(OC(=O)C(=C)C)cc(OC(=O)C(=C)C)c2F)c1. The molecule has 2 aromatic carbocycles. The van der Waals surface area contributed by atoms with Gasteiger partial charge in [-0.1, -0.05) is 26.3 Å². The molecule has 37 heavy (non-hydrogen) atoms. The van der Waals surface area contributed by atoms with Crippen LogP contribution in [0.5, 0.6) is 23.0 Å². The Morgan fingerprint density at radius 3 is 1.30 bits per heavy atom.